The highest BCUT2D eigenvalue weighted by Crippen LogP contribution is 2.26. The Morgan fingerprint density at radius 3 is 2.27 bits per heavy atom. The van der Waals surface area contributed by atoms with Crippen molar-refractivity contribution in [3.63, 3.8) is 0 Å². The molecule has 0 aliphatic carbocycles. The molecule has 1 saturated heterocycles. The summed E-state index contributed by atoms with van der Waals surface area (Å²) < 4.78 is 16.2. The van der Waals surface area contributed by atoms with Crippen molar-refractivity contribution >= 4 is 17.9 Å². The van der Waals surface area contributed by atoms with Crippen LogP contribution in [0.5, 0.6) is 11.5 Å². The number of piperidine rings is 1. The number of amides is 3. The summed E-state index contributed by atoms with van der Waals surface area (Å²) in [5, 5.41) is 5.86. The van der Waals surface area contributed by atoms with Crippen LogP contribution >= 0.6 is 0 Å². The van der Waals surface area contributed by atoms with Crippen molar-refractivity contribution in [1.29, 1.82) is 0 Å². The van der Waals surface area contributed by atoms with E-state index < -0.39 is 0 Å². The summed E-state index contributed by atoms with van der Waals surface area (Å²) in [4.78, 5) is 37.5. The van der Waals surface area contributed by atoms with E-state index in [4.69, 9.17) is 14.2 Å². The minimum Gasteiger partial charge on any atom is -0.490 e. The summed E-state index contributed by atoms with van der Waals surface area (Å²) in [6.45, 7) is 6.68. The molecule has 0 aromatic heterocycles. The Morgan fingerprint density at radius 1 is 0.939 bits per heavy atom. The van der Waals surface area contributed by atoms with Gasteiger partial charge in [-0.15, -0.1) is 0 Å². The number of rotatable bonds is 13. The highest BCUT2D eigenvalue weighted by Gasteiger charge is 2.24. The van der Waals surface area contributed by atoms with Gasteiger partial charge in [0.1, 0.15) is 0 Å². The van der Waals surface area contributed by atoms with Crippen LogP contribution in [0.25, 0.3) is 0 Å². The van der Waals surface area contributed by atoms with Crippen LogP contribution in [-0.2, 0) is 14.3 Å². The first-order valence-electron chi connectivity index (χ1n) is 11.9. The normalized spacial score (nSPS) is 13.8. The number of benzene rings is 1. The molecule has 1 aromatic carbocycles. The lowest BCUT2D eigenvalue weighted by Crippen LogP contribution is -2.46. The van der Waals surface area contributed by atoms with E-state index in [0.29, 0.717) is 76.6 Å². The fraction of sp³-hybridized carbons (Fsp3) is 0.625. The molecule has 0 bridgehead atoms. The van der Waals surface area contributed by atoms with Gasteiger partial charge in [-0.2, -0.15) is 0 Å². The fourth-order valence-corrected chi connectivity index (χ4v) is 3.55. The van der Waals surface area contributed by atoms with Crippen LogP contribution in [0.1, 0.15) is 52.4 Å². The zero-order chi connectivity index (χ0) is 23.9. The maximum Gasteiger partial charge on any atom is 0.409 e. The molecule has 0 saturated carbocycles. The predicted octanol–water partition coefficient (Wildman–Crippen LogP) is 2.88. The van der Waals surface area contributed by atoms with E-state index in [1.54, 1.807) is 11.8 Å². The van der Waals surface area contributed by atoms with Gasteiger partial charge >= 0.3 is 6.09 Å². The Kier molecular flexibility index (Phi) is 11.9. The van der Waals surface area contributed by atoms with E-state index in [-0.39, 0.29) is 23.9 Å². The molecule has 0 unspecified atom stereocenters. The number of likely N-dealkylation sites (tertiary alicyclic amines) is 1. The SMILES string of the molecule is CCOC(=O)N1CCC(NC(=O)CCCNC(=O)CCCOc2ccccc2OCC)CC1. The first-order chi connectivity index (χ1) is 16.0. The van der Waals surface area contributed by atoms with E-state index in [2.05, 4.69) is 10.6 Å². The van der Waals surface area contributed by atoms with Gasteiger partial charge in [-0.3, -0.25) is 9.59 Å². The molecule has 9 nitrogen and oxygen atoms in total. The number of para-hydroxylation sites is 2. The lowest BCUT2D eigenvalue weighted by atomic mass is 10.1. The van der Waals surface area contributed by atoms with Gasteiger partial charge in [0, 0.05) is 38.5 Å². The zero-order valence-electron chi connectivity index (χ0n) is 19.8. The second-order valence-corrected chi connectivity index (χ2v) is 7.81. The Hall–Kier alpha value is -2.97. The van der Waals surface area contributed by atoms with Crippen molar-refractivity contribution in [2.75, 3.05) is 39.5 Å². The van der Waals surface area contributed by atoms with Crippen LogP contribution in [0.2, 0.25) is 0 Å². The zero-order valence-corrected chi connectivity index (χ0v) is 19.8. The van der Waals surface area contributed by atoms with Crippen molar-refractivity contribution in [3.8, 4) is 11.5 Å². The Bertz CT molecular complexity index is 749. The van der Waals surface area contributed by atoms with Crippen molar-refractivity contribution in [3.05, 3.63) is 24.3 Å². The molecule has 3 amide bonds. The molecule has 184 valence electrons. The monoisotopic (exact) mass is 463 g/mol. The summed E-state index contributed by atoms with van der Waals surface area (Å²) in [5.41, 5.74) is 0. The summed E-state index contributed by atoms with van der Waals surface area (Å²) in [6, 6.07) is 7.55. The van der Waals surface area contributed by atoms with Gasteiger partial charge in [-0.1, -0.05) is 12.1 Å². The second-order valence-electron chi connectivity index (χ2n) is 7.81. The third-order valence-corrected chi connectivity index (χ3v) is 5.24. The van der Waals surface area contributed by atoms with Crippen LogP contribution in [0.15, 0.2) is 24.3 Å². The standard InChI is InChI=1S/C24H37N3O6/c1-3-31-20-9-5-6-10-21(20)33-18-8-12-22(28)25-15-7-11-23(29)26-19-13-16-27(17-14-19)24(30)32-4-2/h5-6,9-10,19H,3-4,7-8,11-18H2,1-2H3,(H,25,28)(H,26,29). The third-order valence-electron chi connectivity index (χ3n) is 5.24. The molecular weight excluding hydrogens is 426 g/mol. The molecule has 1 aliphatic heterocycles. The summed E-state index contributed by atoms with van der Waals surface area (Å²) in [7, 11) is 0. The van der Waals surface area contributed by atoms with Crippen molar-refractivity contribution in [2.24, 2.45) is 0 Å². The first-order valence-corrected chi connectivity index (χ1v) is 11.9. The molecule has 1 aromatic rings. The van der Waals surface area contributed by atoms with Crippen LogP contribution in [-0.4, -0.2) is 68.3 Å². The highest BCUT2D eigenvalue weighted by molar-refractivity contribution is 5.77. The summed E-state index contributed by atoms with van der Waals surface area (Å²) in [5.74, 6) is 1.30. The molecule has 1 heterocycles. The van der Waals surface area contributed by atoms with Crippen LogP contribution in [0, 0.1) is 0 Å². The minimum absolute atomic E-state index is 0.0276. The highest BCUT2D eigenvalue weighted by atomic mass is 16.6. The van der Waals surface area contributed by atoms with Crippen LogP contribution < -0.4 is 20.1 Å². The third kappa shape index (κ3) is 10.0. The average molecular weight is 464 g/mol. The van der Waals surface area contributed by atoms with Gasteiger partial charge in [-0.25, -0.2) is 4.79 Å². The van der Waals surface area contributed by atoms with Gasteiger partial charge in [0.15, 0.2) is 11.5 Å². The van der Waals surface area contributed by atoms with Gasteiger partial charge in [-0.05, 0) is 51.7 Å². The van der Waals surface area contributed by atoms with E-state index in [1.165, 1.54) is 0 Å². The smallest absolute Gasteiger partial charge is 0.409 e. The molecule has 2 rings (SSSR count). The molecule has 0 radical (unpaired) electrons. The first kappa shape index (κ1) is 26.3. The number of ether oxygens (including phenoxy) is 3. The molecule has 33 heavy (non-hydrogen) atoms. The molecule has 1 aliphatic rings. The number of carbonyl (C=O) groups is 3. The molecule has 0 atom stereocenters. The Morgan fingerprint density at radius 2 is 1.61 bits per heavy atom. The quantitative estimate of drug-likeness (QED) is 0.436. The lowest BCUT2D eigenvalue weighted by Gasteiger charge is -2.31. The lowest BCUT2D eigenvalue weighted by molar-refractivity contribution is -0.123. The maximum atomic E-state index is 12.1. The van der Waals surface area contributed by atoms with Crippen molar-refractivity contribution in [2.45, 2.75) is 58.4 Å². The minimum atomic E-state index is -0.292. The van der Waals surface area contributed by atoms with Crippen LogP contribution in [0.3, 0.4) is 0 Å². The maximum absolute atomic E-state index is 12.1. The van der Waals surface area contributed by atoms with Crippen LogP contribution in [0.4, 0.5) is 4.79 Å². The second kappa shape index (κ2) is 15.0. The van der Waals surface area contributed by atoms with E-state index in [0.717, 1.165) is 12.8 Å². The number of carbonyl (C=O) groups excluding carboxylic acids is 3. The number of nitrogens with zero attached hydrogens (tertiary/aromatic N) is 1. The molecule has 1 fully saturated rings. The largest absolute Gasteiger partial charge is 0.490 e. The summed E-state index contributed by atoms with van der Waals surface area (Å²) in [6.07, 6.45) is 3.04. The molecule has 2 N–H and O–H groups in total. The van der Waals surface area contributed by atoms with E-state index in [1.807, 2.05) is 31.2 Å². The molecule has 0 spiro atoms. The van der Waals surface area contributed by atoms with Crippen molar-refractivity contribution < 1.29 is 28.6 Å². The summed E-state index contributed by atoms with van der Waals surface area (Å²) >= 11 is 0. The van der Waals surface area contributed by atoms with Gasteiger partial charge in [0.25, 0.3) is 0 Å². The van der Waals surface area contributed by atoms with Gasteiger partial charge < -0.3 is 29.7 Å². The van der Waals surface area contributed by atoms with E-state index >= 15 is 0 Å². The van der Waals surface area contributed by atoms with Gasteiger partial charge in [0.05, 0.1) is 19.8 Å². The molecule has 9 heteroatoms. The van der Waals surface area contributed by atoms with Crippen molar-refractivity contribution in [1.82, 2.24) is 15.5 Å². The predicted molar refractivity (Wildman–Crippen MR) is 124 cm³/mol. The topological polar surface area (TPSA) is 106 Å². The number of hydrogen-bond donors (Lipinski definition) is 2. The number of hydrogen-bond acceptors (Lipinski definition) is 6. The Labute approximate surface area is 196 Å². The van der Waals surface area contributed by atoms with E-state index in [9.17, 15) is 14.4 Å². The number of nitrogens with one attached hydrogen (secondary N) is 2. The average Bonchev–Trinajstić information content (AvgIpc) is 2.81. The fourth-order valence-electron chi connectivity index (χ4n) is 3.55. The molecular formula is C24H37N3O6. The van der Waals surface area contributed by atoms with Gasteiger partial charge in [0.2, 0.25) is 11.8 Å². The Balaban J connectivity index is 1.50.